The van der Waals surface area contributed by atoms with Gasteiger partial charge >= 0.3 is 5.97 Å². The zero-order chi connectivity index (χ0) is 45.9. The molecular formula is C34H58N10O15S. The van der Waals surface area contributed by atoms with Gasteiger partial charge in [0.2, 0.25) is 53.2 Å². The summed E-state index contributed by atoms with van der Waals surface area (Å²) in [4.78, 5) is 128. The Balaban J connectivity index is 3.23. The van der Waals surface area contributed by atoms with Crippen LogP contribution >= 0.6 is 12.6 Å². The molecular weight excluding hydrogens is 820 g/mol. The molecule has 1 rings (SSSR count). The van der Waals surface area contributed by atoms with E-state index in [4.69, 9.17) is 21.7 Å². The Labute approximate surface area is 350 Å². The van der Waals surface area contributed by atoms with E-state index in [0.717, 1.165) is 11.8 Å². The molecule has 25 nitrogen and oxygen atoms in total. The minimum absolute atomic E-state index is 0.0232. The van der Waals surface area contributed by atoms with Gasteiger partial charge in [-0.05, 0) is 38.5 Å². The van der Waals surface area contributed by atoms with Gasteiger partial charge in [0, 0.05) is 18.7 Å². The van der Waals surface area contributed by atoms with Crippen LogP contribution < -0.4 is 48.7 Å². The highest BCUT2D eigenvalue weighted by atomic mass is 32.1. The number of rotatable bonds is 26. The summed E-state index contributed by atoms with van der Waals surface area (Å²) >= 11 is 4.01. The fourth-order valence-electron chi connectivity index (χ4n) is 5.71. The molecule has 60 heavy (non-hydrogen) atoms. The largest absolute Gasteiger partial charge is 0.480 e. The van der Waals surface area contributed by atoms with Crippen molar-refractivity contribution in [2.24, 2.45) is 17.4 Å². The number of nitrogens with one attached hydrogen (secondary N) is 7. The second-order valence-electron chi connectivity index (χ2n) is 14.3. The van der Waals surface area contributed by atoms with Crippen LogP contribution in [0.25, 0.3) is 0 Å². The van der Waals surface area contributed by atoms with Gasteiger partial charge in [0.25, 0.3) is 0 Å². The van der Waals surface area contributed by atoms with Gasteiger partial charge in [-0.2, -0.15) is 12.6 Å². The van der Waals surface area contributed by atoms with Crippen molar-refractivity contribution in [3.05, 3.63) is 0 Å². The Hall–Kier alpha value is -5.15. The summed E-state index contributed by atoms with van der Waals surface area (Å²) in [6.07, 6.45) is -2.09. The lowest BCUT2D eigenvalue weighted by atomic mass is 10.0. The zero-order valence-corrected chi connectivity index (χ0v) is 34.3. The molecule has 0 spiro atoms. The minimum atomic E-state index is -1.81. The minimum Gasteiger partial charge on any atom is -0.480 e. The van der Waals surface area contributed by atoms with Gasteiger partial charge in [-0.15, -0.1) is 0 Å². The number of carboxylic acids is 1. The van der Waals surface area contributed by atoms with Crippen LogP contribution in [0.1, 0.15) is 52.9 Å². The van der Waals surface area contributed by atoms with Crippen molar-refractivity contribution < 1.29 is 73.5 Å². The lowest BCUT2D eigenvalue weighted by molar-refractivity contribution is -0.143. The van der Waals surface area contributed by atoms with E-state index in [1.54, 1.807) is 13.8 Å². The van der Waals surface area contributed by atoms with Crippen molar-refractivity contribution >= 4 is 71.8 Å². The number of likely N-dealkylation sites (tertiary alicyclic amines) is 1. The lowest BCUT2D eigenvalue weighted by Crippen LogP contribution is -2.62. The van der Waals surface area contributed by atoms with Crippen molar-refractivity contribution in [1.29, 1.82) is 0 Å². The van der Waals surface area contributed by atoms with Crippen LogP contribution in [-0.2, 0) is 47.9 Å². The lowest BCUT2D eigenvalue weighted by Gasteiger charge is -2.31. The number of nitrogens with two attached hydrogens (primary N) is 2. The third-order valence-corrected chi connectivity index (χ3v) is 9.29. The van der Waals surface area contributed by atoms with Crippen molar-refractivity contribution in [2.75, 3.05) is 38.7 Å². The summed E-state index contributed by atoms with van der Waals surface area (Å²) in [5.74, 6) is -10.6. The Kier molecular flexibility index (Phi) is 23.0. The van der Waals surface area contributed by atoms with Crippen molar-refractivity contribution in [2.45, 2.75) is 107 Å². The number of carbonyl (C=O) groups is 10. The maximum absolute atomic E-state index is 14.0. The van der Waals surface area contributed by atoms with E-state index < -0.39 is 153 Å². The molecule has 9 amide bonds. The number of nitrogens with zero attached hydrogens (tertiary/aromatic N) is 1. The van der Waals surface area contributed by atoms with Gasteiger partial charge in [-0.3, -0.25) is 47.9 Å². The Bertz CT molecular complexity index is 1550. The monoisotopic (exact) mass is 878 g/mol. The molecule has 0 radical (unpaired) electrons. The quantitative estimate of drug-likeness (QED) is 0.0359. The molecule has 16 N–H and O–H groups in total. The zero-order valence-electron chi connectivity index (χ0n) is 33.4. The van der Waals surface area contributed by atoms with Crippen molar-refractivity contribution in [3.63, 3.8) is 0 Å². The molecule has 0 aromatic rings. The summed E-state index contributed by atoms with van der Waals surface area (Å²) < 4.78 is 0. The fourth-order valence-corrected chi connectivity index (χ4v) is 5.97. The summed E-state index contributed by atoms with van der Waals surface area (Å²) in [6.45, 7) is 1.12. The number of thiol groups is 1. The van der Waals surface area contributed by atoms with E-state index in [1.165, 1.54) is 0 Å². The average molecular weight is 879 g/mol. The van der Waals surface area contributed by atoms with Gasteiger partial charge in [0.1, 0.15) is 54.9 Å². The van der Waals surface area contributed by atoms with Crippen LogP contribution in [0.5, 0.6) is 0 Å². The molecule has 1 heterocycles. The highest BCUT2D eigenvalue weighted by Crippen LogP contribution is 2.21. The first-order chi connectivity index (χ1) is 28.1. The molecule has 26 heteroatoms. The van der Waals surface area contributed by atoms with Gasteiger partial charge < -0.3 is 79.1 Å². The van der Waals surface area contributed by atoms with Crippen LogP contribution in [0, 0.1) is 5.92 Å². The number of aliphatic hydroxyl groups excluding tert-OH is 4. The summed E-state index contributed by atoms with van der Waals surface area (Å²) in [5.41, 5.74) is 10.7. The molecule has 0 aliphatic carbocycles. The number of primary amides is 1. The highest BCUT2D eigenvalue weighted by molar-refractivity contribution is 7.80. The fraction of sp³-hybridized carbons (Fsp3) is 0.706. The molecule has 340 valence electrons. The second kappa shape index (κ2) is 26.1. The Morgan fingerprint density at radius 2 is 1.25 bits per heavy atom. The number of carbonyl (C=O) groups excluding carboxylic acids is 9. The molecule has 1 saturated heterocycles. The average Bonchev–Trinajstić information content (AvgIpc) is 3.69. The SMILES string of the molecule is CC(C)CC(NC(=O)C(CO)NC(=O)C(CS)NC(=O)C(N)CO)C(=O)N1CCCC1C(=O)NC(CCC(N)=O)C(=O)NC(C(=O)NC(CO)C(=O)NCC(=O)O)C(C)O. The molecule has 0 aromatic carbocycles. The van der Waals surface area contributed by atoms with Gasteiger partial charge in [0.15, 0.2) is 0 Å². The molecule has 1 aliphatic rings. The first-order valence-corrected chi connectivity index (χ1v) is 19.5. The summed E-state index contributed by atoms with van der Waals surface area (Å²) in [5, 5.41) is 63.5. The van der Waals surface area contributed by atoms with E-state index in [0.29, 0.717) is 6.42 Å². The van der Waals surface area contributed by atoms with Crippen LogP contribution in [0.3, 0.4) is 0 Å². The molecule has 0 saturated carbocycles. The van der Waals surface area contributed by atoms with Crippen LogP contribution in [0.2, 0.25) is 0 Å². The van der Waals surface area contributed by atoms with Gasteiger partial charge in [0.05, 0.1) is 25.9 Å². The first-order valence-electron chi connectivity index (χ1n) is 18.9. The standard InChI is InChI=1S/C34H58N10O15S/c1-15(2)9-19(39-30(55)21(13-47)40-31(56)22(14-60)42-27(52)17(35)11-45)34(59)44-8-4-5-23(44)32(57)38-18(6-7-24(36)49)29(54)43-26(16(3)48)33(58)41-20(12-46)28(53)37-10-25(50)51/h15-23,26,45-48,60H,4-14,35H2,1-3H3,(H2,36,49)(H,37,53)(H,38,57)(H,39,55)(H,40,56)(H,41,58)(H,42,52)(H,43,54)(H,50,51). The van der Waals surface area contributed by atoms with E-state index in [2.05, 4.69) is 44.5 Å². The van der Waals surface area contributed by atoms with Crippen LogP contribution in [0.15, 0.2) is 0 Å². The molecule has 1 fully saturated rings. The number of hydrogen-bond donors (Lipinski definition) is 15. The first kappa shape index (κ1) is 52.9. The van der Waals surface area contributed by atoms with Crippen LogP contribution in [0.4, 0.5) is 0 Å². The van der Waals surface area contributed by atoms with E-state index in [9.17, 15) is 63.3 Å². The summed E-state index contributed by atoms with van der Waals surface area (Å²) in [6, 6.07) is -11.9. The normalized spacial score (nSPS) is 17.6. The summed E-state index contributed by atoms with van der Waals surface area (Å²) in [7, 11) is 0. The van der Waals surface area contributed by atoms with E-state index >= 15 is 0 Å². The maximum Gasteiger partial charge on any atom is 0.322 e. The molecule has 9 unspecified atom stereocenters. The predicted octanol–water partition coefficient (Wildman–Crippen LogP) is -7.99. The molecule has 9 atom stereocenters. The van der Waals surface area contributed by atoms with Gasteiger partial charge in [-0.25, -0.2) is 0 Å². The van der Waals surface area contributed by atoms with E-state index in [1.807, 2.05) is 5.32 Å². The van der Waals surface area contributed by atoms with Gasteiger partial charge in [-0.1, -0.05) is 13.8 Å². The predicted molar refractivity (Wildman–Crippen MR) is 210 cm³/mol. The van der Waals surface area contributed by atoms with Crippen molar-refractivity contribution in [3.8, 4) is 0 Å². The molecule has 1 aliphatic heterocycles. The number of amides is 9. The topological polar surface area (TPSA) is 411 Å². The van der Waals surface area contributed by atoms with Crippen LogP contribution in [-0.4, -0.2) is 183 Å². The Morgan fingerprint density at radius 3 is 1.77 bits per heavy atom. The third-order valence-electron chi connectivity index (χ3n) is 8.93. The van der Waals surface area contributed by atoms with E-state index in [-0.39, 0.29) is 31.1 Å². The third kappa shape index (κ3) is 17.2. The smallest absolute Gasteiger partial charge is 0.322 e. The maximum atomic E-state index is 14.0. The number of aliphatic hydroxyl groups is 4. The second-order valence-corrected chi connectivity index (χ2v) is 14.7. The molecule has 0 aromatic heterocycles. The Morgan fingerprint density at radius 1 is 0.717 bits per heavy atom. The van der Waals surface area contributed by atoms with Crippen molar-refractivity contribution in [1.82, 2.24) is 42.1 Å². The number of aliphatic carboxylic acids is 1. The molecule has 0 bridgehead atoms. The number of carboxylic acid groups (broad SMARTS) is 1. The number of hydrogen-bond acceptors (Lipinski definition) is 16. The highest BCUT2D eigenvalue weighted by Gasteiger charge is 2.40.